The van der Waals surface area contributed by atoms with E-state index in [-0.39, 0.29) is 12.0 Å². The van der Waals surface area contributed by atoms with E-state index in [2.05, 4.69) is 0 Å². The highest BCUT2D eigenvalue weighted by Gasteiger charge is 2.19. The fourth-order valence-electron chi connectivity index (χ4n) is 1.64. The van der Waals surface area contributed by atoms with Crippen LogP contribution in [0.15, 0.2) is 0 Å². The minimum Gasteiger partial charge on any atom is -0.378 e. The van der Waals surface area contributed by atoms with E-state index < -0.39 is 0 Å². The molecule has 1 aliphatic heterocycles. The molecule has 0 aliphatic carbocycles. The third-order valence-electron chi connectivity index (χ3n) is 2.57. The lowest BCUT2D eigenvalue weighted by atomic mass is 10.1. The Morgan fingerprint density at radius 1 is 1.57 bits per heavy atom. The normalized spacial score (nSPS) is 22.0. The van der Waals surface area contributed by atoms with Crippen molar-refractivity contribution in [1.29, 1.82) is 0 Å². The highest BCUT2D eigenvalue weighted by Crippen LogP contribution is 2.16. The maximum atomic E-state index is 11.6. The van der Waals surface area contributed by atoms with Crippen LogP contribution in [0.5, 0.6) is 0 Å². The zero-order valence-corrected chi connectivity index (χ0v) is 8.87. The summed E-state index contributed by atoms with van der Waals surface area (Å²) in [4.78, 5) is 13.3. The van der Waals surface area contributed by atoms with Crippen molar-refractivity contribution in [1.82, 2.24) is 4.90 Å². The Morgan fingerprint density at radius 3 is 2.93 bits per heavy atom. The van der Waals surface area contributed by atoms with Crippen LogP contribution < -0.4 is 5.73 Å². The first-order chi connectivity index (χ1) is 6.74. The Hall–Kier alpha value is -0.610. The number of likely N-dealkylation sites (N-methyl/N-ethyl adjacent to an activating group) is 1. The SMILES string of the molecule is CN(CCN)C(=O)CC1CCCCO1. The van der Waals surface area contributed by atoms with Crippen molar-refractivity contribution in [2.75, 3.05) is 26.7 Å². The summed E-state index contributed by atoms with van der Waals surface area (Å²) in [6.45, 7) is 1.96. The average Bonchev–Trinajstić information content (AvgIpc) is 2.19. The van der Waals surface area contributed by atoms with Crippen LogP contribution in [-0.2, 0) is 9.53 Å². The molecule has 4 nitrogen and oxygen atoms in total. The van der Waals surface area contributed by atoms with E-state index in [0.717, 1.165) is 19.4 Å². The fraction of sp³-hybridized carbons (Fsp3) is 0.900. The van der Waals surface area contributed by atoms with Crippen molar-refractivity contribution in [2.45, 2.75) is 31.8 Å². The van der Waals surface area contributed by atoms with Gasteiger partial charge in [0.1, 0.15) is 0 Å². The number of nitrogens with two attached hydrogens (primary N) is 1. The summed E-state index contributed by atoms with van der Waals surface area (Å²) in [6.07, 6.45) is 3.97. The van der Waals surface area contributed by atoms with Gasteiger partial charge in [0.2, 0.25) is 5.91 Å². The Balaban J connectivity index is 2.24. The molecule has 1 amide bonds. The molecule has 4 heteroatoms. The lowest BCUT2D eigenvalue weighted by Crippen LogP contribution is -2.35. The van der Waals surface area contributed by atoms with Crippen LogP contribution in [0.3, 0.4) is 0 Å². The highest BCUT2D eigenvalue weighted by molar-refractivity contribution is 5.76. The predicted molar refractivity (Wildman–Crippen MR) is 54.9 cm³/mol. The van der Waals surface area contributed by atoms with Crippen LogP contribution in [-0.4, -0.2) is 43.7 Å². The molecule has 0 spiro atoms. The van der Waals surface area contributed by atoms with Gasteiger partial charge in [-0.3, -0.25) is 4.79 Å². The molecule has 1 saturated heterocycles. The molecule has 82 valence electrons. The number of carbonyl (C=O) groups is 1. The van der Waals surface area contributed by atoms with Crippen LogP contribution in [0.4, 0.5) is 0 Å². The second kappa shape index (κ2) is 5.98. The molecule has 0 radical (unpaired) electrons. The van der Waals surface area contributed by atoms with E-state index >= 15 is 0 Å². The maximum Gasteiger partial charge on any atom is 0.224 e. The molecule has 1 aliphatic rings. The van der Waals surface area contributed by atoms with Gasteiger partial charge in [0, 0.05) is 26.7 Å². The topological polar surface area (TPSA) is 55.6 Å². The molecular formula is C10H20N2O2. The minimum atomic E-state index is 0.136. The lowest BCUT2D eigenvalue weighted by Gasteiger charge is -2.24. The molecule has 0 bridgehead atoms. The monoisotopic (exact) mass is 200 g/mol. The molecule has 0 aromatic heterocycles. The summed E-state index contributed by atoms with van der Waals surface area (Å²) in [5.74, 6) is 0.141. The van der Waals surface area contributed by atoms with Gasteiger partial charge in [0.05, 0.1) is 12.5 Å². The van der Waals surface area contributed by atoms with Crippen molar-refractivity contribution < 1.29 is 9.53 Å². The number of nitrogens with zero attached hydrogens (tertiary/aromatic N) is 1. The molecule has 0 aromatic carbocycles. The summed E-state index contributed by atoms with van der Waals surface area (Å²) < 4.78 is 5.50. The molecule has 1 atom stereocenters. The van der Waals surface area contributed by atoms with Gasteiger partial charge in [-0.25, -0.2) is 0 Å². The van der Waals surface area contributed by atoms with Crippen LogP contribution in [0.1, 0.15) is 25.7 Å². The molecule has 2 N–H and O–H groups in total. The van der Waals surface area contributed by atoms with Gasteiger partial charge in [-0.15, -0.1) is 0 Å². The van der Waals surface area contributed by atoms with Gasteiger partial charge in [-0.1, -0.05) is 0 Å². The summed E-state index contributed by atoms with van der Waals surface area (Å²) in [7, 11) is 1.79. The quantitative estimate of drug-likeness (QED) is 0.713. The molecule has 1 rings (SSSR count). The molecular weight excluding hydrogens is 180 g/mol. The third kappa shape index (κ3) is 3.64. The first-order valence-electron chi connectivity index (χ1n) is 5.29. The van der Waals surface area contributed by atoms with Gasteiger partial charge < -0.3 is 15.4 Å². The molecule has 0 saturated carbocycles. The van der Waals surface area contributed by atoms with Crippen LogP contribution >= 0.6 is 0 Å². The average molecular weight is 200 g/mol. The van der Waals surface area contributed by atoms with Gasteiger partial charge in [0.15, 0.2) is 0 Å². The van der Waals surface area contributed by atoms with E-state index in [1.165, 1.54) is 6.42 Å². The summed E-state index contributed by atoms with van der Waals surface area (Å²) in [5.41, 5.74) is 5.38. The number of ether oxygens (including phenoxy) is 1. The fourth-order valence-corrected chi connectivity index (χ4v) is 1.64. The first kappa shape index (κ1) is 11.5. The van der Waals surface area contributed by atoms with E-state index in [9.17, 15) is 4.79 Å². The third-order valence-corrected chi connectivity index (χ3v) is 2.57. The summed E-state index contributed by atoms with van der Waals surface area (Å²) in [6, 6.07) is 0. The van der Waals surface area contributed by atoms with Crippen molar-refractivity contribution in [3.8, 4) is 0 Å². The van der Waals surface area contributed by atoms with E-state index in [1.54, 1.807) is 11.9 Å². The van der Waals surface area contributed by atoms with Gasteiger partial charge >= 0.3 is 0 Å². The van der Waals surface area contributed by atoms with E-state index in [0.29, 0.717) is 19.5 Å². The van der Waals surface area contributed by atoms with Crippen molar-refractivity contribution in [3.63, 3.8) is 0 Å². The van der Waals surface area contributed by atoms with E-state index in [1.807, 2.05) is 0 Å². The van der Waals surface area contributed by atoms with Crippen LogP contribution in [0.2, 0.25) is 0 Å². The summed E-state index contributed by atoms with van der Waals surface area (Å²) in [5, 5.41) is 0. The van der Waals surface area contributed by atoms with Gasteiger partial charge in [-0.05, 0) is 19.3 Å². The zero-order chi connectivity index (χ0) is 10.4. The molecule has 0 aromatic rings. The highest BCUT2D eigenvalue weighted by atomic mass is 16.5. The van der Waals surface area contributed by atoms with Gasteiger partial charge in [0.25, 0.3) is 0 Å². The second-order valence-corrected chi connectivity index (χ2v) is 3.80. The molecule has 1 fully saturated rings. The van der Waals surface area contributed by atoms with Crippen molar-refractivity contribution >= 4 is 5.91 Å². The van der Waals surface area contributed by atoms with Gasteiger partial charge in [-0.2, -0.15) is 0 Å². The first-order valence-corrected chi connectivity index (χ1v) is 5.29. The molecule has 1 unspecified atom stereocenters. The number of hydrogen-bond acceptors (Lipinski definition) is 3. The van der Waals surface area contributed by atoms with Crippen molar-refractivity contribution in [3.05, 3.63) is 0 Å². The molecule has 1 heterocycles. The number of amides is 1. The Bertz CT molecular complexity index is 179. The number of rotatable bonds is 4. The Labute approximate surface area is 85.4 Å². The smallest absolute Gasteiger partial charge is 0.224 e. The second-order valence-electron chi connectivity index (χ2n) is 3.80. The van der Waals surface area contributed by atoms with Crippen molar-refractivity contribution in [2.24, 2.45) is 5.73 Å². The van der Waals surface area contributed by atoms with Crippen LogP contribution in [0, 0.1) is 0 Å². The molecule has 14 heavy (non-hydrogen) atoms. The minimum absolute atomic E-state index is 0.136. The zero-order valence-electron chi connectivity index (χ0n) is 8.87. The number of carbonyl (C=O) groups excluding carboxylic acids is 1. The number of hydrogen-bond donors (Lipinski definition) is 1. The Morgan fingerprint density at radius 2 is 2.36 bits per heavy atom. The maximum absolute atomic E-state index is 11.6. The summed E-state index contributed by atoms with van der Waals surface area (Å²) >= 11 is 0. The Kier molecular flexibility index (Phi) is 4.90. The standard InChI is InChI=1S/C10H20N2O2/c1-12(6-5-11)10(13)8-9-4-2-3-7-14-9/h9H,2-8,11H2,1H3. The predicted octanol–water partition coefficient (Wildman–Crippen LogP) is 0.363. The lowest BCUT2D eigenvalue weighted by molar-refractivity contribution is -0.133. The van der Waals surface area contributed by atoms with Crippen LogP contribution in [0.25, 0.3) is 0 Å². The van der Waals surface area contributed by atoms with E-state index in [4.69, 9.17) is 10.5 Å². The largest absolute Gasteiger partial charge is 0.378 e.